The quantitative estimate of drug-likeness (QED) is 0.0643. The molecule has 0 radical (unpaired) electrons. The van der Waals surface area contributed by atoms with Crippen molar-refractivity contribution >= 4 is 40.5 Å². The second-order valence-corrected chi connectivity index (χ2v) is 17.4. The average molecular weight is 932 g/mol. The molecule has 7 aromatic rings. The van der Waals surface area contributed by atoms with E-state index >= 15 is 19.2 Å². The van der Waals surface area contributed by atoms with Crippen molar-refractivity contribution in [2.24, 2.45) is 5.92 Å². The summed E-state index contributed by atoms with van der Waals surface area (Å²) < 4.78 is 14.1. The van der Waals surface area contributed by atoms with Crippen LogP contribution in [0.1, 0.15) is 64.5 Å². The third-order valence-corrected chi connectivity index (χ3v) is 13.4. The number of aliphatic hydroxyl groups excluding tert-OH is 1. The van der Waals surface area contributed by atoms with Gasteiger partial charge in [0.1, 0.15) is 42.0 Å². The molecule has 0 saturated carbocycles. The number of nitrogens with zero attached hydrogens (tertiary/aromatic N) is 5. The van der Waals surface area contributed by atoms with Gasteiger partial charge in [0.2, 0.25) is 11.8 Å². The first-order valence-corrected chi connectivity index (χ1v) is 23.2. The first-order valence-electron chi connectivity index (χ1n) is 23.2. The summed E-state index contributed by atoms with van der Waals surface area (Å²) in [7, 11) is 0. The summed E-state index contributed by atoms with van der Waals surface area (Å²) in [6, 6.07) is 43.7. The molecule has 3 aliphatic heterocycles. The molecule has 0 unspecified atom stereocenters. The van der Waals surface area contributed by atoms with Crippen molar-refractivity contribution in [3.8, 4) is 17.6 Å². The number of nitrogens with one attached hydrogen (secondary N) is 2. The Morgan fingerprint density at radius 2 is 1.54 bits per heavy atom. The van der Waals surface area contributed by atoms with Crippen LogP contribution in [0.25, 0.3) is 11.0 Å². The first kappa shape index (κ1) is 45.4. The number of ether oxygens (including phenoxy) is 2. The van der Waals surface area contributed by atoms with Gasteiger partial charge in [-0.15, -0.1) is 11.7 Å². The maximum absolute atomic E-state index is 16.6. The molecule has 3 N–H and O–H groups in total. The van der Waals surface area contributed by atoms with E-state index in [2.05, 4.69) is 39.4 Å². The molecule has 2 saturated heterocycles. The van der Waals surface area contributed by atoms with E-state index < -0.39 is 65.4 Å². The second kappa shape index (κ2) is 19.3. The summed E-state index contributed by atoms with van der Waals surface area (Å²) in [5.41, 5.74) is 3.41. The molecular formula is C56H49N7O7. The monoisotopic (exact) mass is 931 g/mol. The van der Waals surface area contributed by atoms with Gasteiger partial charge in [-0.25, -0.2) is 14.4 Å². The number of fused-ring (bicyclic) bond motifs is 4. The topological polar surface area (TPSA) is 168 Å². The summed E-state index contributed by atoms with van der Waals surface area (Å²) in [6.45, 7) is 5.72. The predicted molar refractivity (Wildman–Crippen MR) is 262 cm³/mol. The average Bonchev–Trinajstić information content (AvgIpc) is 4.04. The minimum absolute atomic E-state index is 0.0197. The molecule has 14 nitrogen and oxygen atoms in total. The van der Waals surface area contributed by atoms with E-state index in [9.17, 15) is 5.11 Å². The zero-order valence-electron chi connectivity index (χ0n) is 38.2. The predicted octanol–water partition coefficient (Wildman–Crippen LogP) is 7.29. The number of aromatic nitrogens is 3. The van der Waals surface area contributed by atoms with Crippen LogP contribution in [0.2, 0.25) is 0 Å². The van der Waals surface area contributed by atoms with Gasteiger partial charge in [-0.1, -0.05) is 138 Å². The van der Waals surface area contributed by atoms with Crippen molar-refractivity contribution in [3.63, 3.8) is 0 Å². The number of anilines is 1. The van der Waals surface area contributed by atoms with Crippen LogP contribution in [0.4, 0.5) is 10.5 Å². The normalized spacial score (nSPS) is 21.8. The molecule has 14 heteroatoms. The number of carbonyl (C=O) groups is 4. The lowest BCUT2D eigenvalue weighted by Crippen LogP contribution is -2.56. The first-order chi connectivity index (χ1) is 34.2. The zero-order valence-corrected chi connectivity index (χ0v) is 38.2. The number of para-hydroxylation sites is 1. The Kier molecular flexibility index (Phi) is 12.5. The number of imide groups is 1. The summed E-state index contributed by atoms with van der Waals surface area (Å²) in [5.74, 6) is 3.41. The Balaban J connectivity index is 1.23. The number of esters is 1. The van der Waals surface area contributed by atoms with Crippen LogP contribution >= 0.6 is 0 Å². The largest absolute Gasteiger partial charge is 0.491 e. The van der Waals surface area contributed by atoms with E-state index in [1.165, 1.54) is 6.08 Å². The minimum atomic E-state index is -2.00. The fourth-order valence-corrected chi connectivity index (χ4v) is 10.5. The lowest BCUT2D eigenvalue weighted by molar-refractivity contribution is -0.178. The van der Waals surface area contributed by atoms with Crippen molar-refractivity contribution in [2.75, 3.05) is 24.7 Å². The zero-order chi connectivity index (χ0) is 48.4. The van der Waals surface area contributed by atoms with Crippen LogP contribution in [-0.2, 0) is 31.1 Å². The van der Waals surface area contributed by atoms with Crippen molar-refractivity contribution in [1.29, 1.82) is 0 Å². The van der Waals surface area contributed by atoms with E-state index in [-0.39, 0.29) is 32.0 Å². The third kappa shape index (κ3) is 7.94. The number of aliphatic hydroxyl groups is 1. The number of morpholine rings is 1. The molecule has 1 spiro atoms. The minimum Gasteiger partial charge on any atom is -0.491 e. The number of amides is 4. The van der Waals surface area contributed by atoms with Crippen LogP contribution in [0.5, 0.6) is 5.75 Å². The highest BCUT2D eigenvalue weighted by Crippen LogP contribution is 2.66. The maximum atomic E-state index is 16.6. The molecule has 3 aliphatic rings. The smallest absolute Gasteiger partial charge is 0.329 e. The van der Waals surface area contributed by atoms with Gasteiger partial charge in [0.05, 0.1) is 41.9 Å². The van der Waals surface area contributed by atoms with Crippen LogP contribution in [0.15, 0.2) is 170 Å². The van der Waals surface area contributed by atoms with Crippen molar-refractivity contribution < 1.29 is 33.8 Å². The number of carbonyl (C=O) groups excluding carboxylic acids is 4. The molecule has 0 aliphatic carbocycles. The van der Waals surface area contributed by atoms with Crippen molar-refractivity contribution in [2.45, 2.75) is 49.2 Å². The molecule has 70 heavy (non-hydrogen) atoms. The Bertz CT molecular complexity index is 3150. The van der Waals surface area contributed by atoms with E-state index in [0.29, 0.717) is 28.0 Å². The maximum Gasteiger partial charge on any atom is 0.329 e. The van der Waals surface area contributed by atoms with Gasteiger partial charge < -0.3 is 25.2 Å². The number of cyclic esters (lactones) is 1. The van der Waals surface area contributed by atoms with Crippen LogP contribution in [0.3, 0.4) is 0 Å². The molecule has 4 heterocycles. The fraction of sp³-hybridized carbons (Fsp3) is 0.214. The molecule has 10 rings (SSSR count). The van der Waals surface area contributed by atoms with Gasteiger partial charge in [-0.3, -0.25) is 19.3 Å². The molecule has 2 fully saturated rings. The van der Waals surface area contributed by atoms with Crippen LogP contribution < -0.4 is 20.3 Å². The Morgan fingerprint density at radius 1 is 0.857 bits per heavy atom. The molecule has 7 atom stereocenters. The number of urea groups is 1. The molecule has 6 aromatic carbocycles. The van der Waals surface area contributed by atoms with Gasteiger partial charge in [0, 0.05) is 12.1 Å². The molecular weight excluding hydrogens is 883 g/mol. The van der Waals surface area contributed by atoms with Gasteiger partial charge >= 0.3 is 12.0 Å². The third-order valence-electron chi connectivity index (χ3n) is 13.4. The van der Waals surface area contributed by atoms with Crippen LogP contribution in [0, 0.1) is 17.8 Å². The van der Waals surface area contributed by atoms with Gasteiger partial charge in [-0.2, -0.15) is 0 Å². The number of rotatable bonds is 12. The number of hydrogen-bond donors (Lipinski definition) is 3. The Morgan fingerprint density at radius 3 is 2.26 bits per heavy atom. The lowest BCUT2D eigenvalue weighted by atomic mass is 9.65. The summed E-state index contributed by atoms with van der Waals surface area (Å²) in [4.78, 5) is 65.5. The van der Waals surface area contributed by atoms with Gasteiger partial charge in [0.25, 0.3) is 0 Å². The van der Waals surface area contributed by atoms with E-state index in [1.54, 1.807) is 47.1 Å². The highest BCUT2D eigenvalue weighted by atomic mass is 16.6. The van der Waals surface area contributed by atoms with Crippen molar-refractivity contribution in [3.05, 3.63) is 204 Å². The highest BCUT2D eigenvalue weighted by Gasteiger charge is 2.75. The van der Waals surface area contributed by atoms with E-state index in [1.807, 2.05) is 127 Å². The molecule has 1 aromatic heterocycles. The Labute approximate surface area is 404 Å². The standard InChI is InChI=1S/C56H49N7O7/c1-3-31-57-52(65)47-49-53(66)70-50(40-21-11-6-12-22-40)48(39-19-9-5-10-20-39)63(49)51(41-26-28-42(29-27-41)69-34-33-64)56(47)43-35-37(16-15-32-61-46-24-14-13-23-44(46)59-60-61)25-30-45(43)62(54(56)67)55(68)58-36(2)38-17-7-4-8-18-38/h3-14,17-30,35-36,47-51,64H,1,31-34H2,2H3,(H,57,65)(H,58,68)/t36-,47+,48+,49+,50-,51-,56+/m1/s1. The summed E-state index contributed by atoms with van der Waals surface area (Å²) in [6.07, 6.45) is 0.625. The SMILES string of the molecule is C=CCNC(=O)[C@@H]1[C@H]2C(=O)O[C@H](c3ccccc3)[C@H](c3ccccc3)N2[C@H](c2ccc(OCCO)cc2)[C@@]12C(=O)N(C(=O)N[C@H](C)c1ccccc1)c1ccc(C#CCn3nnc4ccccc43)cc12. The number of hydrogen-bond acceptors (Lipinski definition) is 10. The fourth-order valence-electron chi connectivity index (χ4n) is 10.5. The molecule has 0 bridgehead atoms. The molecule has 350 valence electrons. The lowest BCUT2D eigenvalue weighted by Gasteiger charge is -2.46. The van der Waals surface area contributed by atoms with Crippen molar-refractivity contribution in [1.82, 2.24) is 30.5 Å². The summed E-state index contributed by atoms with van der Waals surface area (Å²) >= 11 is 0. The van der Waals surface area contributed by atoms with E-state index in [0.717, 1.165) is 27.1 Å². The van der Waals surface area contributed by atoms with Gasteiger partial charge in [-0.05, 0) is 77.2 Å². The number of benzene rings is 6. The molecule has 4 amide bonds. The van der Waals surface area contributed by atoms with Gasteiger partial charge in [0.15, 0.2) is 0 Å². The second-order valence-electron chi connectivity index (χ2n) is 17.4. The highest BCUT2D eigenvalue weighted by molar-refractivity contribution is 6.24. The Hall–Kier alpha value is -8.38. The van der Waals surface area contributed by atoms with E-state index in [4.69, 9.17) is 9.47 Å². The summed E-state index contributed by atoms with van der Waals surface area (Å²) in [5, 5.41) is 24.2. The van der Waals surface area contributed by atoms with Crippen LogP contribution in [-0.4, -0.2) is 74.6 Å².